The Labute approximate surface area is 218 Å². The number of carbonyl (C=O) groups is 2. The summed E-state index contributed by atoms with van der Waals surface area (Å²) >= 11 is 0. The number of anilines is 2. The Morgan fingerprint density at radius 1 is 1.03 bits per heavy atom. The van der Waals surface area contributed by atoms with Crippen molar-refractivity contribution in [1.82, 2.24) is 25.1 Å². The molecule has 3 heterocycles. The molecule has 3 aromatic rings. The van der Waals surface area contributed by atoms with Crippen LogP contribution in [0.2, 0.25) is 0 Å². The van der Waals surface area contributed by atoms with Gasteiger partial charge in [-0.2, -0.15) is 8.78 Å². The van der Waals surface area contributed by atoms with Gasteiger partial charge in [0.05, 0.1) is 0 Å². The number of ether oxygens (including phenoxy) is 1. The number of halogens is 2. The fraction of sp³-hybridized carbons (Fsp3) is 0.333. The van der Waals surface area contributed by atoms with Gasteiger partial charge in [0, 0.05) is 48.3 Å². The smallest absolute Gasteiger partial charge is 0.387 e. The average molecular weight is 523 g/mol. The van der Waals surface area contributed by atoms with Crippen LogP contribution in [0.15, 0.2) is 60.9 Å². The number of nitrogens with zero attached hydrogens (tertiary/aromatic N) is 4. The summed E-state index contributed by atoms with van der Waals surface area (Å²) in [7, 11) is 0. The second kappa shape index (κ2) is 11.5. The van der Waals surface area contributed by atoms with Crippen molar-refractivity contribution in [3.05, 3.63) is 66.5 Å². The molecule has 38 heavy (non-hydrogen) atoms. The van der Waals surface area contributed by atoms with Crippen molar-refractivity contribution in [3.8, 4) is 16.9 Å². The first-order chi connectivity index (χ1) is 18.5. The van der Waals surface area contributed by atoms with E-state index >= 15 is 0 Å². The Morgan fingerprint density at radius 3 is 2.45 bits per heavy atom. The normalized spacial score (nSPS) is 16.6. The second-order valence-electron chi connectivity index (χ2n) is 9.20. The zero-order chi connectivity index (χ0) is 26.5. The third kappa shape index (κ3) is 6.05. The van der Waals surface area contributed by atoms with E-state index in [1.54, 1.807) is 53.7 Å². The molecule has 2 aliphatic heterocycles. The van der Waals surface area contributed by atoms with E-state index in [2.05, 4.69) is 25.3 Å². The van der Waals surface area contributed by atoms with Crippen LogP contribution in [0.4, 0.5) is 20.4 Å². The van der Waals surface area contributed by atoms with Gasteiger partial charge in [-0.1, -0.05) is 18.2 Å². The van der Waals surface area contributed by atoms with Crippen molar-refractivity contribution < 1.29 is 23.1 Å². The topological polar surface area (TPSA) is 99.7 Å². The van der Waals surface area contributed by atoms with E-state index < -0.39 is 6.61 Å². The molecule has 2 N–H and O–H groups in total. The first-order valence-corrected chi connectivity index (χ1v) is 12.5. The number of alkyl halides is 2. The molecule has 0 radical (unpaired) electrons. The van der Waals surface area contributed by atoms with E-state index in [4.69, 9.17) is 0 Å². The number of aromatic nitrogens is 2. The van der Waals surface area contributed by atoms with E-state index in [1.807, 2.05) is 4.90 Å². The van der Waals surface area contributed by atoms with Crippen LogP contribution in [-0.2, 0) is 4.79 Å². The molecule has 0 bridgehead atoms. The predicted octanol–water partition coefficient (Wildman–Crippen LogP) is 3.53. The van der Waals surface area contributed by atoms with Crippen molar-refractivity contribution in [2.24, 2.45) is 0 Å². The Hall–Kier alpha value is -4.12. The SMILES string of the molecule is O=C(c1cccc(Nc2ncc(-c3ccc(OC(F)F)cc3)cn2)c1)N1CCN(C2CCNCC2)C(=O)C1. The summed E-state index contributed by atoms with van der Waals surface area (Å²) in [5.41, 5.74) is 2.56. The van der Waals surface area contributed by atoms with Gasteiger partial charge >= 0.3 is 6.61 Å². The molecule has 198 valence electrons. The third-order valence-electron chi connectivity index (χ3n) is 6.72. The Bertz CT molecular complexity index is 1270. The minimum atomic E-state index is -2.87. The maximum Gasteiger partial charge on any atom is 0.387 e. The molecule has 2 aromatic carbocycles. The van der Waals surface area contributed by atoms with E-state index in [1.165, 1.54) is 12.1 Å². The van der Waals surface area contributed by atoms with Crippen LogP contribution in [0.1, 0.15) is 23.2 Å². The largest absolute Gasteiger partial charge is 0.435 e. The van der Waals surface area contributed by atoms with Crippen molar-refractivity contribution in [2.45, 2.75) is 25.5 Å². The van der Waals surface area contributed by atoms with Crippen LogP contribution in [0, 0.1) is 0 Å². The van der Waals surface area contributed by atoms with Crippen LogP contribution >= 0.6 is 0 Å². The highest BCUT2D eigenvalue weighted by Gasteiger charge is 2.32. The Balaban J connectivity index is 1.20. The van der Waals surface area contributed by atoms with Crippen molar-refractivity contribution in [2.75, 3.05) is 38.0 Å². The molecule has 5 rings (SSSR count). The van der Waals surface area contributed by atoms with Crippen molar-refractivity contribution >= 4 is 23.5 Å². The number of amides is 2. The lowest BCUT2D eigenvalue weighted by atomic mass is 10.0. The third-order valence-corrected chi connectivity index (χ3v) is 6.72. The standard InChI is InChI=1S/C27H28F2N6O3/c28-26(29)38-23-6-4-18(5-7-23)20-15-31-27(32-16-20)33-21-3-1-2-19(14-21)25(37)34-12-13-35(24(36)17-34)22-8-10-30-11-9-22/h1-7,14-16,22,26,30H,8-13,17H2,(H,31,32,33). The van der Waals surface area contributed by atoms with Gasteiger partial charge in [-0.05, 0) is 61.8 Å². The predicted molar refractivity (Wildman–Crippen MR) is 137 cm³/mol. The second-order valence-corrected chi connectivity index (χ2v) is 9.20. The van der Waals surface area contributed by atoms with Crippen molar-refractivity contribution in [1.29, 1.82) is 0 Å². The van der Waals surface area contributed by atoms with E-state index in [9.17, 15) is 18.4 Å². The molecule has 11 heteroatoms. The minimum absolute atomic E-state index is 0.00421. The molecule has 9 nitrogen and oxygen atoms in total. The molecule has 0 unspecified atom stereocenters. The lowest BCUT2D eigenvalue weighted by molar-refractivity contribution is -0.138. The number of carbonyl (C=O) groups excluding carboxylic acids is 2. The molecule has 2 aliphatic rings. The first kappa shape index (κ1) is 25.5. The summed E-state index contributed by atoms with van der Waals surface area (Å²) < 4.78 is 29.0. The zero-order valence-electron chi connectivity index (χ0n) is 20.6. The van der Waals surface area contributed by atoms with Crippen LogP contribution in [-0.4, -0.2) is 77.0 Å². The quantitative estimate of drug-likeness (QED) is 0.490. The lowest BCUT2D eigenvalue weighted by Gasteiger charge is -2.40. The highest BCUT2D eigenvalue weighted by Crippen LogP contribution is 2.24. The summed E-state index contributed by atoms with van der Waals surface area (Å²) in [6, 6.07) is 13.5. The van der Waals surface area contributed by atoms with Gasteiger partial charge in [-0.3, -0.25) is 9.59 Å². The molecule has 0 aliphatic carbocycles. The fourth-order valence-electron chi connectivity index (χ4n) is 4.78. The first-order valence-electron chi connectivity index (χ1n) is 12.5. The molecule has 0 saturated carbocycles. The zero-order valence-corrected chi connectivity index (χ0v) is 20.6. The summed E-state index contributed by atoms with van der Waals surface area (Å²) in [6.45, 7) is 0.0899. The maximum atomic E-state index is 13.2. The van der Waals surface area contributed by atoms with Gasteiger partial charge in [0.25, 0.3) is 5.91 Å². The van der Waals surface area contributed by atoms with Crippen LogP contribution in [0.25, 0.3) is 11.1 Å². The molecule has 1 aromatic heterocycles. The molecule has 2 fully saturated rings. The highest BCUT2D eigenvalue weighted by atomic mass is 19.3. The summed E-state index contributed by atoms with van der Waals surface area (Å²) in [4.78, 5) is 38.1. The van der Waals surface area contributed by atoms with Crippen LogP contribution < -0.4 is 15.4 Å². The summed E-state index contributed by atoms with van der Waals surface area (Å²) in [5, 5.41) is 6.41. The number of benzene rings is 2. The van der Waals surface area contributed by atoms with Gasteiger partial charge < -0.3 is 25.2 Å². The number of piperidine rings is 1. The molecule has 2 saturated heterocycles. The molecular formula is C27H28F2N6O3. The van der Waals surface area contributed by atoms with Crippen LogP contribution in [0.5, 0.6) is 5.75 Å². The average Bonchev–Trinajstić information content (AvgIpc) is 2.94. The fourth-order valence-corrected chi connectivity index (χ4v) is 4.78. The number of hydrogen-bond acceptors (Lipinski definition) is 7. The number of hydrogen-bond donors (Lipinski definition) is 2. The van der Waals surface area contributed by atoms with Crippen LogP contribution in [0.3, 0.4) is 0 Å². The van der Waals surface area contributed by atoms with Gasteiger partial charge in [0.15, 0.2) is 0 Å². The monoisotopic (exact) mass is 522 g/mol. The molecule has 0 atom stereocenters. The number of nitrogens with one attached hydrogen (secondary N) is 2. The maximum absolute atomic E-state index is 13.2. The van der Waals surface area contributed by atoms with E-state index in [-0.39, 0.29) is 30.2 Å². The minimum Gasteiger partial charge on any atom is -0.435 e. The molecule has 2 amide bonds. The van der Waals surface area contributed by atoms with Gasteiger partial charge in [-0.15, -0.1) is 0 Å². The number of rotatable bonds is 7. The Kier molecular flexibility index (Phi) is 7.73. The van der Waals surface area contributed by atoms with Crippen molar-refractivity contribution in [3.63, 3.8) is 0 Å². The lowest BCUT2D eigenvalue weighted by Crippen LogP contribution is -2.57. The summed E-state index contributed by atoms with van der Waals surface area (Å²) in [5.74, 6) is 0.213. The molecular weight excluding hydrogens is 494 g/mol. The highest BCUT2D eigenvalue weighted by molar-refractivity contribution is 5.98. The molecule has 0 spiro atoms. The van der Waals surface area contributed by atoms with Gasteiger partial charge in [0.2, 0.25) is 11.9 Å². The van der Waals surface area contributed by atoms with Gasteiger partial charge in [0.1, 0.15) is 12.3 Å². The van der Waals surface area contributed by atoms with Gasteiger partial charge in [-0.25, -0.2) is 9.97 Å². The van der Waals surface area contributed by atoms with E-state index in [0.717, 1.165) is 31.5 Å². The number of piperazine rings is 1. The van der Waals surface area contributed by atoms with E-state index in [0.29, 0.717) is 35.9 Å². The Morgan fingerprint density at radius 2 is 1.76 bits per heavy atom. The summed E-state index contributed by atoms with van der Waals surface area (Å²) in [6.07, 6.45) is 5.11.